The number of rotatable bonds is 1. The number of hydrogen-bond donors (Lipinski definition) is 1. The van der Waals surface area contributed by atoms with Gasteiger partial charge in [-0.3, -0.25) is 4.40 Å². The Hall–Kier alpha value is -1.33. The van der Waals surface area contributed by atoms with Gasteiger partial charge in [0.15, 0.2) is 0 Å². The number of halogens is 1. The number of imidazole rings is 2. The van der Waals surface area contributed by atoms with Crippen molar-refractivity contribution in [2.45, 2.75) is 6.54 Å². The molecule has 1 aromatic carbocycles. The van der Waals surface area contributed by atoms with Gasteiger partial charge in [-0.25, -0.2) is 4.98 Å². The molecular formula is C11H11BrN4. The summed E-state index contributed by atoms with van der Waals surface area (Å²) in [5.41, 5.74) is 8.81. The van der Waals surface area contributed by atoms with Crippen LogP contribution in [0.4, 0.5) is 0 Å². The fourth-order valence-electron chi connectivity index (χ4n) is 2.01. The van der Waals surface area contributed by atoms with Gasteiger partial charge in [0.05, 0.1) is 16.7 Å². The molecule has 0 saturated heterocycles. The topological polar surface area (TPSA) is 48.2 Å². The molecule has 0 radical (unpaired) electrons. The minimum absolute atomic E-state index is 0.469. The Morgan fingerprint density at radius 2 is 2.19 bits per heavy atom. The largest absolute Gasteiger partial charge is 0.325 e. The normalized spacial score (nSPS) is 11.7. The first-order valence-corrected chi connectivity index (χ1v) is 5.82. The van der Waals surface area contributed by atoms with Gasteiger partial charge in [0.2, 0.25) is 5.78 Å². The fourth-order valence-corrected chi connectivity index (χ4v) is 2.36. The Labute approximate surface area is 101 Å². The first kappa shape index (κ1) is 9.86. The molecule has 2 N–H and O–H groups in total. The second kappa shape index (κ2) is 3.33. The molecule has 0 bridgehead atoms. The van der Waals surface area contributed by atoms with E-state index in [1.54, 1.807) is 0 Å². The van der Waals surface area contributed by atoms with Gasteiger partial charge < -0.3 is 10.3 Å². The fraction of sp³-hybridized carbons (Fsp3) is 0.182. The van der Waals surface area contributed by atoms with Crippen molar-refractivity contribution < 1.29 is 0 Å². The van der Waals surface area contributed by atoms with Crippen molar-refractivity contribution in [1.29, 1.82) is 0 Å². The van der Waals surface area contributed by atoms with Crippen LogP contribution in [-0.4, -0.2) is 14.0 Å². The molecule has 0 amide bonds. The molecule has 82 valence electrons. The summed E-state index contributed by atoms with van der Waals surface area (Å²) in [6.45, 7) is 0.469. The highest BCUT2D eigenvalue weighted by Crippen LogP contribution is 2.23. The summed E-state index contributed by atoms with van der Waals surface area (Å²) in [5.74, 6) is 0.925. The van der Waals surface area contributed by atoms with Crippen LogP contribution in [0.15, 0.2) is 28.9 Å². The molecule has 0 aliphatic heterocycles. The summed E-state index contributed by atoms with van der Waals surface area (Å²) >= 11 is 3.48. The summed E-state index contributed by atoms with van der Waals surface area (Å²) in [7, 11) is 2.01. The smallest absolute Gasteiger partial charge is 0.214 e. The van der Waals surface area contributed by atoms with E-state index >= 15 is 0 Å². The number of fused-ring (bicyclic) bond motifs is 3. The summed E-state index contributed by atoms with van der Waals surface area (Å²) in [4.78, 5) is 4.48. The molecule has 4 nitrogen and oxygen atoms in total. The number of hydrogen-bond acceptors (Lipinski definition) is 2. The van der Waals surface area contributed by atoms with Crippen LogP contribution in [0, 0.1) is 0 Å². The lowest BCUT2D eigenvalue weighted by Gasteiger charge is -1.95. The highest BCUT2D eigenvalue weighted by molar-refractivity contribution is 9.10. The van der Waals surface area contributed by atoms with E-state index in [1.807, 2.05) is 19.3 Å². The van der Waals surface area contributed by atoms with Crippen molar-refractivity contribution in [2.24, 2.45) is 12.8 Å². The van der Waals surface area contributed by atoms with Gasteiger partial charge in [-0.1, -0.05) is 15.9 Å². The maximum absolute atomic E-state index is 5.60. The van der Waals surface area contributed by atoms with E-state index in [0.717, 1.165) is 27.0 Å². The number of aryl methyl sites for hydroxylation is 1. The first-order chi connectivity index (χ1) is 7.70. The molecule has 2 heterocycles. The molecule has 5 heteroatoms. The Morgan fingerprint density at radius 1 is 1.38 bits per heavy atom. The van der Waals surface area contributed by atoms with Crippen LogP contribution in [0.5, 0.6) is 0 Å². The highest BCUT2D eigenvalue weighted by Gasteiger charge is 2.10. The second-order valence-corrected chi connectivity index (χ2v) is 4.71. The van der Waals surface area contributed by atoms with Crippen LogP contribution in [0.2, 0.25) is 0 Å². The average molecular weight is 279 g/mol. The van der Waals surface area contributed by atoms with E-state index in [4.69, 9.17) is 5.73 Å². The maximum atomic E-state index is 5.60. The lowest BCUT2D eigenvalue weighted by atomic mass is 10.3. The van der Waals surface area contributed by atoms with Gasteiger partial charge in [0.1, 0.15) is 0 Å². The second-order valence-electron chi connectivity index (χ2n) is 3.80. The van der Waals surface area contributed by atoms with Gasteiger partial charge in [-0.05, 0) is 18.2 Å². The zero-order valence-corrected chi connectivity index (χ0v) is 10.4. The molecule has 0 spiro atoms. The van der Waals surface area contributed by atoms with E-state index in [9.17, 15) is 0 Å². The highest BCUT2D eigenvalue weighted by atomic mass is 79.9. The molecule has 16 heavy (non-hydrogen) atoms. The van der Waals surface area contributed by atoms with Gasteiger partial charge >= 0.3 is 0 Å². The van der Waals surface area contributed by atoms with Crippen LogP contribution >= 0.6 is 15.9 Å². The Bertz CT molecular complexity index is 680. The van der Waals surface area contributed by atoms with Crippen molar-refractivity contribution >= 4 is 32.7 Å². The van der Waals surface area contributed by atoms with E-state index in [1.165, 1.54) is 0 Å². The molecule has 0 saturated carbocycles. The summed E-state index contributed by atoms with van der Waals surface area (Å²) in [6, 6.07) is 6.20. The third-order valence-electron chi connectivity index (χ3n) is 2.80. The van der Waals surface area contributed by atoms with Crippen LogP contribution < -0.4 is 5.73 Å². The first-order valence-electron chi connectivity index (χ1n) is 5.02. The van der Waals surface area contributed by atoms with Crippen molar-refractivity contribution in [1.82, 2.24) is 14.0 Å². The van der Waals surface area contributed by atoms with Crippen molar-refractivity contribution in [2.75, 3.05) is 0 Å². The van der Waals surface area contributed by atoms with E-state index in [0.29, 0.717) is 6.54 Å². The van der Waals surface area contributed by atoms with Gasteiger partial charge in [0.25, 0.3) is 0 Å². The monoisotopic (exact) mass is 278 g/mol. The van der Waals surface area contributed by atoms with E-state index in [-0.39, 0.29) is 0 Å². The minimum Gasteiger partial charge on any atom is -0.325 e. The SMILES string of the molecule is Cn1c2ccc(Br)cc2n2cc(CN)nc12. The predicted molar refractivity (Wildman–Crippen MR) is 67.3 cm³/mol. The molecule has 0 aliphatic rings. The molecule has 3 aromatic rings. The summed E-state index contributed by atoms with van der Waals surface area (Å²) in [6.07, 6.45) is 1.99. The Balaban J connectivity index is 2.49. The molecule has 0 fully saturated rings. The molecule has 0 aliphatic carbocycles. The average Bonchev–Trinajstić information content (AvgIpc) is 2.80. The Kier molecular flexibility index (Phi) is 2.05. The van der Waals surface area contributed by atoms with E-state index in [2.05, 4.69) is 42.0 Å². The Morgan fingerprint density at radius 3 is 2.94 bits per heavy atom. The molecular weight excluding hydrogens is 268 g/mol. The van der Waals surface area contributed by atoms with Gasteiger partial charge in [-0.15, -0.1) is 0 Å². The van der Waals surface area contributed by atoms with Crippen molar-refractivity contribution in [3.8, 4) is 0 Å². The van der Waals surface area contributed by atoms with Gasteiger partial charge in [-0.2, -0.15) is 0 Å². The standard InChI is InChI=1S/C11H11BrN4/c1-15-9-3-2-7(12)4-10(9)16-6-8(5-13)14-11(15)16/h2-4,6H,5,13H2,1H3. The third-order valence-corrected chi connectivity index (χ3v) is 3.30. The number of nitrogens with zero attached hydrogens (tertiary/aromatic N) is 3. The van der Waals surface area contributed by atoms with Crippen LogP contribution in [0.25, 0.3) is 16.8 Å². The van der Waals surface area contributed by atoms with Crippen molar-refractivity contribution in [3.63, 3.8) is 0 Å². The molecule has 0 unspecified atom stereocenters. The quantitative estimate of drug-likeness (QED) is 0.741. The number of nitrogens with two attached hydrogens (primary N) is 1. The summed E-state index contributed by atoms with van der Waals surface area (Å²) < 4.78 is 5.21. The lowest BCUT2D eigenvalue weighted by molar-refractivity contribution is 0.954. The predicted octanol–water partition coefficient (Wildman–Crippen LogP) is 2.05. The van der Waals surface area contributed by atoms with Gasteiger partial charge in [0, 0.05) is 24.3 Å². The molecule has 2 aromatic heterocycles. The molecule has 3 rings (SSSR count). The number of benzene rings is 1. The van der Waals surface area contributed by atoms with Crippen LogP contribution in [0.1, 0.15) is 5.69 Å². The van der Waals surface area contributed by atoms with Crippen molar-refractivity contribution in [3.05, 3.63) is 34.6 Å². The maximum Gasteiger partial charge on any atom is 0.214 e. The van der Waals surface area contributed by atoms with Crippen LogP contribution in [-0.2, 0) is 13.6 Å². The summed E-state index contributed by atoms with van der Waals surface area (Å²) in [5, 5.41) is 0. The lowest BCUT2D eigenvalue weighted by Crippen LogP contribution is -1.96. The minimum atomic E-state index is 0.469. The van der Waals surface area contributed by atoms with Crippen LogP contribution in [0.3, 0.4) is 0 Å². The zero-order chi connectivity index (χ0) is 11.3. The third kappa shape index (κ3) is 1.22. The van der Waals surface area contributed by atoms with E-state index < -0.39 is 0 Å². The number of aromatic nitrogens is 3. The zero-order valence-electron chi connectivity index (χ0n) is 8.81. The molecule has 0 atom stereocenters.